The monoisotopic (exact) mass is 264 g/mol. The molecule has 19 heavy (non-hydrogen) atoms. The van der Waals surface area contributed by atoms with Crippen LogP contribution in [0.3, 0.4) is 0 Å². The van der Waals surface area contributed by atoms with E-state index in [4.69, 9.17) is 9.47 Å². The van der Waals surface area contributed by atoms with Gasteiger partial charge in [-0.3, -0.25) is 4.68 Å². The lowest BCUT2D eigenvalue weighted by molar-refractivity contribution is 0.0351. The minimum absolute atomic E-state index is 0.548. The molecule has 4 nitrogen and oxygen atoms in total. The zero-order chi connectivity index (χ0) is 12.9. The van der Waals surface area contributed by atoms with E-state index in [2.05, 4.69) is 16.0 Å². The molecule has 3 rings (SSSR count). The highest BCUT2D eigenvalue weighted by Gasteiger charge is 2.18. The van der Waals surface area contributed by atoms with Gasteiger partial charge in [-0.1, -0.05) is 19.3 Å². The van der Waals surface area contributed by atoms with Crippen molar-refractivity contribution in [2.75, 3.05) is 19.8 Å². The van der Waals surface area contributed by atoms with Crippen LogP contribution in [0.5, 0.6) is 5.75 Å². The van der Waals surface area contributed by atoms with Crippen molar-refractivity contribution >= 4 is 0 Å². The number of rotatable bonds is 4. The molecule has 0 N–H and O–H groups in total. The first-order valence-corrected chi connectivity index (χ1v) is 7.66. The van der Waals surface area contributed by atoms with Crippen LogP contribution in [0.15, 0.2) is 12.4 Å². The Hall–Kier alpha value is -1.03. The summed E-state index contributed by atoms with van der Waals surface area (Å²) in [5, 5.41) is 4.46. The van der Waals surface area contributed by atoms with Crippen LogP contribution < -0.4 is 4.74 Å². The molecule has 0 amide bonds. The van der Waals surface area contributed by atoms with Crippen LogP contribution in [0.1, 0.15) is 51.0 Å². The summed E-state index contributed by atoms with van der Waals surface area (Å²) in [5.74, 6) is 1.46. The summed E-state index contributed by atoms with van der Waals surface area (Å²) in [6, 6.07) is 0.587. The topological polar surface area (TPSA) is 36.3 Å². The van der Waals surface area contributed by atoms with E-state index in [1.54, 1.807) is 0 Å². The second-order valence-corrected chi connectivity index (χ2v) is 5.84. The zero-order valence-corrected chi connectivity index (χ0v) is 11.6. The fourth-order valence-electron chi connectivity index (χ4n) is 3.09. The molecule has 1 aliphatic carbocycles. The molecule has 0 bridgehead atoms. The summed E-state index contributed by atoms with van der Waals surface area (Å²) >= 11 is 0. The smallest absolute Gasteiger partial charge is 0.157 e. The van der Waals surface area contributed by atoms with Crippen LogP contribution in [-0.4, -0.2) is 29.6 Å². The quantitative estimate of drug-likeness (QED) is 0.838. The Kier molecular flexibility index (Phi) is 4.38. The van der Waals surface area contributed by atoms with Gasteiger partial charge in [0.05, 0.1) is 31.6 Å². The molecule has 2 heterocycles. The Morgan fingerprint density at radius 2 is 2.11 bits per heavy atom. The van der Waals surface area contributed by atoms with Crippen LogP contribution >= 0.6 is 0 Å². The lowest BCUT2D eigenvalue weighted by Gasteiger charge is -2.22. The Morgan fingerprint density at radius 3 is 2.89 bits per heavy atom. The number of hydrogen-bond donors (Lipinski definition) is 0. The van der Waals surface area contributed by atoms with Crippen LogP contribution in [0.4, 0.5) is 0 Å². The predicted molar refractivity (Wildman–Crippen MR) is 73.4 cm³/mol. The molecule has 1 atom stereocenters. The Morgan fingerprint density at radius 1 is 1.21 bits per heavy atom. The van der Waals surface area contributed by atoms with E-state index in [-0.39, 0.29) is 0 Å². The standard InChI is InChI=1S/C15H24N2O2/c1-2-6-14(7-3-1)17-10-15(9-16-17)19-12-13-5-4-8-18-11-13/h9-10,13-14H,1-8,11-12H2. The summed E-state index contributed by atoms with van der Waals surface area (Å²) in [7, 11) is 0. The van der Waals surface area contributed by atoms with Gasteiger partial charge in [-0.2, -0.15) is 5.10 Å². The minimum Gasteiger partial charge on any atom is -0.490 e. The van der Waals surface area contributed by atoms with Crippen molar-refractivity contribution in [3.8, 4) is 5.75 Å². The van der Waals surface area contributed by atoms with Crippen molar-refractivity contribution in [3.05, 3.63) is 12.4 Å². The van der Waals surface area contributed by atoms with E-state index < -0.39 is 0 Å². The van der Waals surface area contributed by atoms with Crippen molar-refractivity contribution in [1.29, 1.82) is 0 Å². The average Bonchev–Trinajstić information content (AvgIpc) is 2.96. The predicted octanol–water partition coefficient (Wildman–Crippen LogP) is 3.19. The summed E-state index contributed by atoms with van der Waals surface area (Å²) in [6.45, 7) is 2.52. The lowest BCUT2D eigenvalue weighted by Crippen LogP contribution is -2.23. The molecule has 1 aromatic rings. The summed E-state index contributed by atoms with van der Waals surface area (Å²) in [4.78, 5) is 0. The minimum atomic E-state index is 0.548. The number of nitrogens with zero attached hydrogens (tertiary/aromatic N) is 2. The van der Waals surface area contributed by atoms with E-state index in [1.165, 1.54) is 38.5 Å². The Labute approximate surface area is 115 Å². The van der Waals surface area contributed by atoms with Crippen LogP contribution in [0.25, 0.3) is 0 Å². The van der Waals surface area contributed by atoms with Crippen LogP contribution in [0, 0.1) is 5.92 Å². The van der Waals surface area contributed by atoms with Gasteiger partial charge in [0.2, 0.25) is 0 Å². The van der Waals surface area contributed by atoms with Gasteiger partial charge in [0.1, 0.15) is 0 Å². The van der Waals surface area contributed by atoms with Crippen molar-refractivity contribution in [3.63, 3.8) is 0 Å². The van der Waals surface area contributed by atoms with E-state index in [0.717, 1.165) is 32.0 Å². The maximum Gasteiger partial charge on any atom is 0.157 e. The normalized spacial score (nSPS) is 25.4. The van der Waals surface area contributed by atoms with Crippen molar-refractivity contribution in [1.82, 2.24) is 9.78 Å². The third kappa shape index (κ3) is 3.50. The third-order valence-electron chi connectivity index (χ3n) is 4.27. The van der Waals surface area contributed by atoms with Gasteiger partial charge in [0, 0.05) is 12.5 Å². The molecule has 1 unspecified atom stereocenters. The van der Waals surface area contributed by atoms with E-state index in [0.29, 0.717) is 12.0 Å². The number of ether oxygens (including phenoxy) is 2. The maximum absolute atomic E-state index is 5.85. The molecule has 1 aliphatic heterocycles. The Balaban J connectivity index is 1.49. The molecule has 0 radical (unpaired) electrons. The zero-order valence-electron chi connectivity index (χ0n) is 11.6. The first-order valence-electron chi connectivity index (χ1n) is 7.66. The molecule has 1 saturated heterocycles. The molecule has 0 spiro atoms. The molecule has 4 heteroatoms. The molecule has 1 aromatic heterocycles. The molecule has 2 fully saturated rings. The SMILES string of the molecule is c1nn(C2CCCCC2)cc1OCC1CCCOC1. The third-order valence-corrected chi connectivity index (χ3v) is 4.27. The first-order chi connectivity index (χ1) is 9.42. The fourth-order valence-corrected chi connectivity index (χ4v) is 3.09. The number of hydrogen-bond acceptors (Lipinski definition) is 3. The van der Waals surface area contributed by atoms with E-state index >= 15 is 0 Å². The summed E-state index contributed by atoms with van der Waals surface area (Å²) < 4.78 is 13.4. The van der Waals surface area contributed by atoms with Crippen molar-refractivity contribution < 1.29 is 9.47 Å². The highest BCUT2D eigenvalue weighted by Crippen LogP contribution is 2.28. The maximum atomic E-state index is 5.85. The van der Waals surface area contributed by atoms with Gasteiger partial charge in [-0.25, -0.2) is 0 Å². The van der Waals surface area contributed by atoms with E-state index in [1.807, 2.05) is 6.20 Å². The number of aromatic nitrogens is 2. The lowest BCUT2D eigenvalue weighted by atomic mass is 9.96. The van der Waals surface area contributed by atoms with Crippen LogP contribution in [-0.2, 0) is 4.74 Å². The summed E-state index contributed by atoms with van der Waals surface area (Å²) in [6.07, 6.45) is 12.9. The fraction of sp³-hybridized carbons (Fsp3) is 0.800. The van der Waals surface area contributed by atoms with Gasteiger partial charge in [0.15, 0.2) is 5.75 Å². The van der Waals surface area contributed by atoms with Crippen molar-refractivity contribution in [2.45, 2.75) is 51.0 Å². The molecular weight excluding hydrogens is 240 g/mol. The average molecular weight is 264 g/mol. The largest absolute Gasteiger partial charge is 0.490 e. The molecular formula is C15H24N2O2. The molecule has 0 aromatic carbocycles. The van der Waals surface area contributed by atoms with Gasteiger partial charge < -0.3 is 9.47 Å². The molecule has 2 aliphatic rings. The first kappa shape index (κ1) is 13.0. The Bertz CT molecular complexity index is 379. The summed E-state index contributed by atoms with van der Waals surface area (Å²) in [5.41, 5.74) is 0. The van der Waals surface area contributed by atoms with Crippen molar-refractivity contribution in [2.24, 2.45) is 5.92 Å². The second kappa shape index (κ2) is 6.42. The molecule has 1 saturated carbocycles. The van der Waals surface area contributed by atoms with Crippen LogP contribution in [0.2, 0.25) is 0 Å². The van der Waals surface area contributed by atoms with Gasteiger partial charge >= 0.3 is 0 Å². The van der Waals surface area contributed by atoms with E-state index in [9.17, 15) is 0 Å². The van der Waals surface area contributed by atoms with Gasteiger partial charge in [0.25, 0.3) is 0 Å². The molecule has 106 valence electrons. The van der Waals surface area contributed by atoms with Gasteiger partial charge in [-0.15, -0.1) is 0 Å². The highest BCUT2D eigenvalue weighted by molar-refractivity contribution is 5.12. The highest BCUT2D eigenvalue weighted by atomic mass is 16.5. The second-order valence-electron chi connectivity index (χ2n) is 5.84. The van der Waals surface area contributed by atoms with Gasteiger partial charge in [-0.05, 0) is 25.7 Å².